The molecule has 1 N–H and O–H groups in total. The maximum Gasteiger partial charge on any atom is 0.264 e. The maximum absolute atomic E-state index is 12.6. The second-order valence-corrected chi connectivity index (χ2v) is 7.91. The number of anilines is 1. The summed E-state index contributed by atoms with van der Waals surface area (Å²) in [5, 5.41) is 0.308. The average Bonchev–Trinajstić information content (AvgIpc) is 2.52. The van der Waals surface area contributed by atoms with Gasteiger partial charge in [-0.2, -0.15) is 0 Å². The molecule has 11 heteroatoms. The first-order valence-electron chi connectivity index (χ1n) is 6.61. The van der Waals surface area contributed by atoms with Gasteiger partial charge in [0.05, 0.1) is 12.8 Å². The SMILES string of the molecule is COCCOc1nc(Br)cnc1NS(=O)(=O)C1=CC(Cl)=CCC1=S. The molecule has 1 heterocycles. The number of rotatable bonds is 7. The number of nitrogens with one attached hydrogen (secondary N) is 1. The van der Waals surface area contributed by atoms with Crippen LogP contribution < -0.4 is 9.46 Å². The number of hydrogen-bond donors (Lipinski definition) is 1. The quantitative estimate of drug-likeness (QED) is 0.500. The molecule has 0 bridgehead atoms. The first-order chi connectivity index (χ1) is 11.3. The molecule has 0 atom stereocenters. The lowest BCUT2D eigenvalue weighted by Gasteiger charge is -2.15. The molecule has 7 nitrogen and oxygen atoms in total. The fraction of sp³-hybridized carbons (Fsp3) is 0.308. The highest BCUT2D eigenvalue weighted by Crippen LogP contribution is 2.27. The fourth-order valence-electron chi connectivity index (χ4n) is 1.71. The summed E-state index contributed by atoms with van der Waals surface area (Å²) in [5.41, 5.74) is 0. The van der Waals surface area contributed by atoms with Crippen LogP contribution in [0, 0.1) is 0 Å². The lowest BCUT2D eigenvalue weighted by molar-refractivity contribution is 0.144. The highest BCUT2D eigenvalue weighted by molar-refractivity contribution is 9.10. The predicted molar refractivity (Wildman–Crippen MR) is 98.9 cm³/mol. The Kier molecular flexibility index (Phi) is 6.70. The summed E-state index contributed by atoms with van der Waals surface area (Å²) >= 11 is 14.1. The summed E-state index contributed by atoms with van der Waals surface area (Å²) in [6, 6.07) is 0. The third-order valence-electron chi connectivity index (χ3n) is 2.78. The van der Waals surface area contributed by atoms with Gasteiger partial charge in [0, 0.05) is 23.4 Å². The molecule has 0 spiro atoms. The molecule has 1 aliphatic rings. The van der Waals surface area contributed by atoms with E-state index in [2.05, 4.69) is 30.6 Å². The first-order valence-corrected chi connectivity index (χ1v) is 9.67. The van der Waals surface area contributed by atoms with Gasteiger partial charge in [-0.1, -0.05) is 29.9 Å². The number of nitrogens with zero attached hydrogens (tertiary/aromatic N) is 2. The molecule has 0 radical (unpaired) electrons. The Morgan fingerprint density at radius 1 is 1.46 bits per heavy atom. The van der Waals surface area contributed by atoms with Gasteiger partial charge in [0.2, 0.25) is 5.82 Å². The number of halogens is 2. The zero-order chi connectivity index (χ0) is 17.7. The molecule has 24 heavy (non-hydrogen) atoms. The van der Waals surface area contributed by atoms with Crippen LogP contribution in [0.25, 0.3) is 0 Å². The third-order valence-corrected chi connectivity index (χ3v) is 5.35. The van der Waals surface area contributed by atoms with Crippen LogP contribution in [0.15, 0.2) is 32.9 Å². The van der Waals surface area contributed by atoms with Crippen LogP contribution in [0.5, 0.6) is 5.88 Å². The van der Waals surface area contributed by atoms with Gasteiger partial charge in [-0.3, -0.25) is 4.72 Å². The van der Waals surface area contributed by atoms with Crippen LogP contribution in [0.1, 0.15) is 6.42 Å². The molecule has 2 rings (SSSR count). The number of aromatic nitrogens is 2. The molecular weight excluding hydrogens is 442 g/mol. The van der Waals surface area contributed by atoms with Gasteiger partial charge in [-0.25, -0.2) is 18.4 Å². The zero-order valence-electron chi connectivity index (χ0n) is 12.5. The molecule has 0 saturated heterocycles. The smallest absolute Gasteiger partial charge is 0.264 e. The van der Waals surface area contributed by atoms with E-state index in [1.165, 1.54) is 19.4 Å². The summed E-state index contributed by atoms with van der Waals surface area (Å²) in [7, 11) is -2.45. The Morgan fingerprint density at radius 2 is 2.21 bits per heavy atom. The van der Waals surface area contributed by atoms with Gasteiger partial charge in [0.15, 0.2) is 0 Å². The number of ether oxygens (including phenoxy) is 2. The van der Waals surface area contributed by atoms with E-state index in [-0.39, 0.29) is 34.5 Å². The van der Waals surface area contributed by atoms with E-state index >= 15 is 0 Å². The summed E-state index contributed by atoms with van der Waals surface area (Å²) in [6.07, 6.45) is 4.57. The van der Waals surface area contributed by atoms with E-state index in [1.54, 1.807) is 6.08 Å². The average molecular weight is 455 g/mol. The van der Waals surface area contributed by atoms with Gasteiger partial charge >= 0.3 is 0 Å². The Labute approximate surface area is 158 Å². The topological polar surface area (TPSA) is 90.4 Å². The summed E-state index contributed by atoms with van der Waals surface area (Å²) in [4.78, 5) is 8.26. The van der Waals surface area contributed by atoms with Crippen molar-refractivity contribution in [2.45, 2.75) is 6.42 Å². The lowest BCUT2D eigenvalue weighted by atomic mass is 10.2. The van der Waals surface area contributed by atoms with E-state index in [0.717, 1.165) is 0 Å². The summed E-state index contributed by atoms with van der Waals surface area (Å²) in [6.45, 7) is 0.502. The molecule has 1 aromatic heterocycles. The summed E-state index contributed by atoms with van der Waals surface area (Å²) in [5.74, 6) is -0.0300. The zero-order valence-corrected chi connectivity index (χ0v) is 16.4. The molecular formula is C13H13BrClN3O4S2. The molecule has 1 aromatic rings. The molecule has 0 amide bonds. The van der Waals surface area contributed by atoms with Crippen molar-refractivity contribution in [2.75, 3.05) is 25.0 Å². The van der Waals surface area contributed by atoms with E-state index in [9.17, 15) is 8.42 Å². The van der Waals surface area contributed by atoms with Crippen molar-refractivity contribution in [3.63, 3.8) is 0 Å². The maximum atomic E-state index is 12.6. The molecule has 1 aliphatic carbocycles. The minimum Gasteiger partial charge on any atom is -0.473 e. The second kappa shape index (κ2) is 8.34. The Balaban J connectivity index is 2.29. The van der Waals surface area contributed by atoms with Crippen LogP contribution in [-0.2, 0) is 14.8 Å². The summed E-state index contributed by atoms with van der Waals surface area (Å²) < 4.78 is 38.1. The van der Waals surface area contributed by atoms with Crippen LogP contribution in [0.2, 0.25) is 0 Å². The Bertz CT molecular complexity index is 811. The van der Waals surface area contributed by atoms with Gasteiger partial charge in [-0.15, -0.1) is 0 Å². The van der Waals surface area contributed by atoms with E-state index in [1.807, 2.05) is 0 Å². The Hall–Kier alpha value is -1.07. The monoisotopic (exact) mass is 453 g/mol. The van der Waals surface area contributed by atoms with Gasteiger partial charge in [0.1, 0.15) is 16.1 Å². The van der Waals surface area contributed by atoms with Gasteiger partial charge in [0.25, 0.3) is 15.9 Å². The van der Waals surface area contributed by atoms with E-state index < -0.39 is 10.0 Å². The molecule has 0 unspecified atom stereocenters. The normalized spacial score (nSPS) is 14.9. The Morgan fingerprint density at radius 3 is 2.92 bits per heavy atom. The van der Waals surface area contributed by atoms with Crippen LogP contribution in [0.3, 0.4) is 0 Å². The van der Waals surface area contributed by atoms with E-state index in [4.69, 9.17) is 33.3 Å². The van der Waals surface area contributed by atoms with Crippen molar-refractivity contribution in [3.8, 4) is 5.88 Å². The molecule has 0 saturated carbocycles. The van der Waals surface area contributed by atoms with Gasteiger partial charge < -0.3 is 9.47 Å². The number of thiocarbonyl (C=S) groups is 1. The van der Waals surface area contributed by atoms with Crippen molar-refractivity contribution in [3.05, 3.63) is 32.9 Å². The predicted octanol–water partition coefficient (Wildman–Crippen LogP) is 2.79. The minimum atomic E-state index is -3.97. The van der Waals surface area contributed by atoms with Crippen LogP contribution in [-0.4, -0.2) is 43.6 Å². The standard InChI is InChI=1S/C13H13BrClN3O4S2/c1-21-4-5-22-13-12(16-7-11(14)17-13)18-24(19,20)10-6-8(15)2-3-9(10)23/h2,6-7H,3-5H2,1H3,(H,16,18). The lowest BCUT2D eigenvalue weighted by Crippen LogP contribution is -2.22. The minimum absolute atomic E-state index is 0.0222. The van der Waals surface area contributed by atoms with Crippen molar-refractivity contribution in [2.24, 2.45) is 0 Å². The van der Waals surface area contributed by atoms with Crippen molar-refractivity contribution in [1.82, 2.24) is 9.97 Å². The fourth-order valence-corrected chi connectivity index (χ4v) is 3.86. The number of allylic oxidation sites excluding steroid dienone is 4. The van der Waals surface area contributed by atoms with Gasteiger partial charge in [-0.05, 0) is 22.0 Å². The largest absolute Gasteiger partial charge is 0.473 e. The molecule has 0 aliphatic heterocycles. The van der Waals surface area contributed by atoms with Crippen molar-refractivity contribution in [1.29, 1.82) is 0 Å². The highest BCUT2D eigenvalue weighted by atomic mass is 79.9. The second-order valence-electron chi connectivity index (χ2n) is 4.52. The third kappa shape index (κ3) is 4.96. The molecule has 0 fully saturated rings. The first kappa shape index (κ1) is 19.3. The number of hydrogen-bond acceptors (Lipinski definition) is 7. The van der Waals surface area contributed by atoms with Crippen LogP contribution in [0.4, 0.5) is 5.82 Å². The van der Waals surface area contributed by atoms with Crippen LogP contribution >= 0.6 is 39.7 Å². The van der Waals surface area contributed by atoms with E-state index in [0.29, 0.717) is 16.2 Å². The molecule has 130 valence electrons. The number of methoxy groups -OCH3 is 1. The highest BCUT2D eigenvalue weighted by Gasteiger charge is 2.26. The molecule has 0 aromatic carbocycles. The number of sulfonamides is 1. The van der Waals surface area contributed by atoms with Crippen molar-refractivity contribution < 1.29 is 17.9 Å². The van der Waals surface area contributed by atoms with Crippen molar-refractivity contribution >= 4 is 60.5 Å².